The van der Waals surface area contributed by atoms with Crippen LogP contribution in [0.4, 0.5) is 0 Å². The fraction of sp³-hybridized carbons (Fsp3) is 0.621. The van der Waals surface area contributed by atoms with E-state index in [-0.39, 0.29) is 23.9 Å². The number of H-pyrrole nitrogens is 1. The Labute approximate surface area is 214 Å². The zero-order chi connectivity index (χ0) is 25.1. The third-order valence-corrected chi connectivity index (χ3v) is 8.49. The molecular weight excluding hydrogens is 452 g/mol. The van der Waals surface area contributed by atoms with E-state index in [2.05, 4.69) is 18.0 Å². The molecule has 0 radical (unpaired) electrons. The maximum absolute atomic E-state index is 13.6. The number of nitrogens with zero attached hydrogens (tertiary/aromatic N) is 3. The lowest BCUT2D eigenvalue weighted by molar-refractivity contribution is -0.175. The summed E-state index contributed by atoms with van der Waals surface area (Å²) < 4.78 is 0. The van der Waals surface area contributed by atoms with E-state index < -0.39 is 6.04 Å². The normalized spacial score (nSPS) is 23.4. The van der Waals surface area contributed by atoms with Crippen LogP contribution in [0.25, 0.3) is 10.9 Å². The Bertz CT molecular complexity index is 1090. The molecule has 1 N–H and O–H groups in total. The minimum Gasteiger partial charge on any atom is -0.361 e. The van der Waals surface area contributed by atoms with E-state index in [1.807, 2.05) is 34.2 Å². The van der Waals surface area contributed by atoms with E-state index in [1.165, 1.54) is 32.1 Å². The topological polar surface area (TPSA) is 76.7 Å². The molecule has 3 heterocycles. The highest BCUT2D eigenvalue weighted by molar-refractivity contribution is 5.91. The van der Waals surface area contributed by atoms with Crippen molar-refractivity contribution in [3.63, 3.8) is 0 Å². The molecule has 1 aliphatic carbocycles. The summed E-state index contributed by atoms with van der Waals surface area (Å²) in [4.78, 5) is 49.3. The van der Waals surface area contributed by atoms with Crippen molar-refractivity contribution in [2.45, 2.75) is 89.8 Å². The average molecular weight is 493 g/mol. The molecule has 2 saturated heterocycles. The van der Waals surface area contributed by atoms with Crippen molar-refractivity contribution in [2.75, 3.05) is 19.6 Å². The molecule has 5 rings (SSSR count). The number of aromatic nitrogens is 1. The highest BCUT2D eigenvalue weighted by atomic mass is 16.2. The van der Waals surface area contributed by atoms with Gasteiger partial charge in [-0.05, 0) is 43.2 Å². The highest BCUT2D eigenvalue weighted by Crippen LogP contribution is 2.31. The van der Waals surface area contributed by atoms with E-state index in [0.29, 0.717) is 44.7 Å². The lowest BCUT2D eigenvalue weighted by Gasteiger charge is -2.53. The average Bonchev–Trinajstić information content (AvgIpc) is 3.31. The lowest BCUT2D eigenvalue weighted by Crippen LogP contribution is -2.71. The van der Waals surface area contributed by atoms with Crippen LogP contribution in [-0.2, 0) is 20.8 Å². The second-order valence-electron chi connectivity index (χ2n) is 10.9. The molecule has 3 amide bonds. The van der Waals surface area contributed by atoms with Crippen LogP contribution in [0.1, 0.15) is 76.7 Å². The third kappa shape index (κ3) is 5.02. The Kier molecular flexibility index (Phi) is 7.63. The van der Waals surface area contributed by atoms with Gasteiger partial charge in [0, 0.05) is 43.0 Å². The summed E-state index contributed by atoms with van der Waals surface area (Å²) >= 11 is 0. The summed E-state index contributed by atoms with van der Waals surface area (Å²) in [5.41, 5.74) is 2.22. The van der Waals surface area contributed by atoms with Crippen LogP contribution in [0.5, 0.6) is 0 Å². The SMILES string of the molecule is CCCCC1C(=O)N(CC2CCCCC2)CC2N(C(=O)CCc3c[nH]c4ccccc34)CCC(=O)N12. The number of unbranched alkanes of at least 4 members (excludes halogenated alkanes) is 1. The number of rotatable bonds is 8. The van der Waals surface area contributed by atoms with Gasteiger partial charge < -0.3 is 19.7 Å². The molecule has 1 aromatic heterocycles. The Morgan fingerprint density at radius 3 is 2.72 bits per heavy atom. The number of piperazine rings is 1. The van der Waals surface area contributed by atoms with Crippen molar-refractivity contribution >= 4 is 28.6 Å². The summed E-state index contributed by atoms with van der Waals surface area (Å²) in [6.45, 7) is 3.77. The fourth-order valence-corrected chi connectivity index (χ4v) is 6.52. The molecule has 194 valence electrons. The minimum absolute atomic E-state index is 0.0208. The van der Waals surface area contributed by atoms with Crippen molar-refractivity contribution < 1.29 is 14.4 Å². The van der Waals surface area contributed by atoms with Crippen molar-refractivity contribution in [2.24, 2.45) is 5.92 Å². The molecule has 2 unspecified atom stereocenters. The molecule has 2 aromatic rings. The number of benzene rings is 1. The first-order valence-electron chi connectivity index (χ1n) is 14.0. The van der Waals surface area contributed by atoms with Gasteiger partial charge in [0.1, 0.15) is 12.2 Å². The van der Waals surface area contributed by atoms with Gasteiger partial charge in [0.25, 0.3) is 0 Å². The van der Waals surface area contributed by atoms with Crippen molar-refractivity contribution in [1.82, 2.24) is 19.7 Å². The summed E-state index contributed by atoms with van der Waals surface area (Å²) in [5, 5.41) is 1.15. The van der Waals surface area contributed by atoms with Crippen LogP contribution in [0.3, 0.4) is 0 Å². The molecule has 0 bridgehead atoms. The van der Waals surface area contributed by atoms with Gasteiger partial charge in [-0.2, -0.15) is 0 Å². The molecule has 2 atom stereocenters. The zero-order valence-corrected chi connectivity index (χ0v) is 21.6. The van der Waals surface area contributed by atoms with Gasteiger partial charge in [-0.25, -0.2) is 0 Å². The number of carbonyl (C=O) groups excluding carboxylic acids is 3. The number of hydrogen-bond acceptors (Lipinski definition) is 3. The van der Waals surface area contributed by atoms with Crippen LogP contribution in [0.15, 0.2) is 30.5 Å². The first kappa shape index (κ1) is 24.8. The van der Waals surface area contributed by atoms with Gasteiger partial charge in [0.05, 0.1) is 6.54 Å². The molecule has 36 heavy (non-hydrogen) atoms. The van der Waals surface area contributed by atoms with Crippen molar-refractivity contribution in [3.8, 4) is 0 Å². The van der Waals surface area contributed by atoms with Crippen LogP contribution < -0.4 is 0 Å². The highest BCUT2D eigenvalue weighted by Gasteiger charge is 2.48. The maximum Gasteiger partial charge on any atom is 0.245 e. The molecule has 1 aromatic carbocycles. The first-order valence-corrected chi connectivity index (χ1v) is 14.0. The van der Waals surface area contributed by atoms with E-state index in [9.17, 15) is 14.4 Å². The summed E-state index contributed by atoms with van der Waals surface area (Å²) in [6, 6.07) is 7.72. The summed E-state index contributed by atoms with van der Waals surface area (Å²) in [7, 11) is 0. The predicted molar refractivity (Wildman–Crippen MR) is 140 cm³/mol. The van der Waals surface area contributed by atoms with Crippen LogP contribution in [0, 0.1) is 5.92 Å². The number of aromatic amines is 1. The van der Waals surface area contributed by atoms with E-state index in [4.69, 9.17) is 0 Å². The molecule has 7 heteroatoms. The van der Waals surface area contributed by atoms with E-state index >= 15 is 0 Å². The Morgan fingerprint density at radius 2 is 1.92 bits per heavy atom. The second kappa shape index (κ2) is 11.1. The largest absolute Gasteiger partial charge is 0.361 e. The number of para-hydroxylation sites is 1. The first-order chi connectivity index (χ1) is 17.6. The number of hydrogen-bond donors (Lipinski definition) is 1. The van der Waals surface area contributed by atoms with Gasteiger partial charge in [0.15, 0.2) is 0 Å². The van der Waals surface area contributed by atoms with Crippen LogP contribution in [0.2, 0.25) is 0 Å². The second-order valence-corrected chi connectivity index (χ2v) is 10.9. The van der Waals surface area contributed by atoms with Crippen molar-refractivity contribution in [1.29, 1.82) is 0 Å². The molecule has 7 nitrogen and oxygen atoms in total. The molecule has 0 spiro atoms. The zero-order valence-electron chi connectivity index (χ0n) is 21.6. The summed E-state index contributed by atoms with van der Waals surface area (Å²) in [5.74, 6) is 0.717. The Morgan fingerprint density at radius 1 is 1.11 bits per heavy atom. The van der Waals surface area contributed by atoms with Gasteiger partial charge in [-0.15, -0.1) is 0 Å². The quantitative estimate of drug-likeness (QED) is 0.591. The number of aryl methyl sites for hydroxylation is 1. The number of carbonyl (C=O) groups is 3. The molecular formula is C29H40N4O3. The van der Waals surface area contributed by atoms with Crippen LogP contribution >= 0.6 is 0 Å². The molecule has 2 aliphatic heterocycles. The fourth-order valence-electron chi connectivity index (χ4n) is 6.52. The Hall–Kier alpha value is -2.83. The molecule has 3 fully saturated rings. The Balaban J connectivity index is 1.33. The lowest BCUT2D eigenvalue weighted by atomic mass is 9.88. The number of amides is 3. The molecule has 1 saturated carbocycles. The van der Waals surface area contributed by atoms with Gasteiger partial charge in [0.2, 0.25) is 17.7 Å². The van der Waals surface area contributed by atoms with Gasteiger partial charge >= 0.3 is 0 Å². The van der Waals surface area contributed by atoms with E-state index in [1.54, 1.807) is 4.90 Å². The maximum atomic E-state index is 13.6. The number of nitrogens with one attached hydrogen (secondary N) is 1. The third-order valence-electron chi connectivity index (χ3n) is 8.49. The van der Waals surface area contributed by atoms with Gasteiger partial charge in [-0.1, -0.05) is 57.2 Å². The predicted octanol–water partition coefficient (Wildman–Crippen LogP) is 4.47. The number of fused-ring (bicyclic) bond motifs is 2. The van der Waals surface area contributed by atoms with Crippen molar-refractivity contribution in [3.05, 3.63) is 36.0 Å². The van der Waals surface area contributed by atoms with Crippen LogP contribution in [-0.4, -0.2) is 69.2 Å². The minimum atomic E-state index is -0.441. The van der Waals surface area contributed by atoms with Gasteiger partial charge in [-0.3, -0.25) is 14.4 Å². The standard InChI is InChI=1S/C29H40N4O3/c1-2-3-13-25-29(36)31(19-21-9-5-4-6-10-21)20-26-32(17-16-28(35)33(25)26)27(34)15-14-22-18-30-24-12-8-7-11-23(22)24/h7-8,11-12,18,21,25-26,30H,2-6,9-10,13-17,19-20H2,1H3. The summed E-state index contributed by atoms with van der Waals surface area (Å²) in [6.07, 6.45) is 11.7. The smallest absolute Gasteiger partial charge is 0.245 e. The van der Waals surface area contributed by atoms with E-state index in [0.717, 1.165) is 35.9 Å². The monoisotopic (exact) mass is 492 g/mol. The molecule has 3 aliphatic rings.